The summed E-state index contributed by atoms with van der Waals surface area (Å²) in [5, 5.41) is 13.2. The number of halogens is 5. The average Bonchev–Trinajstić information content (AvgIpc) is 2.42. The Balaban J connectivity index is 2.42. The molecule has 0 heterocycles. The highest BCUT2D eigenvalue weighted by Gasteiger charge is 2.33. The number of hydrogen-bond donors (Lipinski definition) is 1. The number of nitro groups is 1. The Morgan fingerprint density at radius 3 is 2.36 bits per heavy atom. The van der Waals surface area contributed by atoms with Gasteiger partial charge in [-0.05, 0) is 30.3 Å². The van der Waals surface area contributed by atoms with Crippen LogP contribution in [0.25, 0.3) is 0 Å². The molecule has 0 unspecified atom stereocenters. The van der Waals surface area contributed by atoms with Crippen LogP contribution in [0.4, 0.5) is 34.6 Å². The van der Waals surface area contributed by atoms with Crippen molar-refractivity contribution in [1.29, 1.82) is 0 Å². The second-order valence-corrected chi connectivity index (χ2v) is 4.65. The van der Waals surface area contributed by atoms with E-state index >= 15 is 0 Å². The van der Waals surface area contributed by atoms with Crippen molar-refractivity contribution in [2.75, 3.05) is 5.32 Å². The Morgan fingerprint density at radius 1 is 1.14 bits per heavy atom. The largest absolute Gasteiger partial charge is 0.416 e. The molecule has 2 aromatic carbocycles. The summed E-state index contributed by atoms with van der Waals surface area (Å²) in [6.45, 7) is 0. The van der Waals surface area contributed by atoms with Crippen molar-refractivity contribution in [1.82, 2.24) is 0 Å². The van der Waals surface area contributed by atoms with E-state index in [2.05, 4.69) is 5.32 Å². The number of nitrogens with one attached hydrogen (secondary N) is 1. The maximum absolute atomic E-state index is 13.0. The summed E-state index contributed by atoms with van der Waals surface area (Å²) in [5.41, 5.74) is -1.85. The Labute approximate surface area is 126 Å². The van der Waals surface area contributed by atoms with Crippen LogP contribution in [0.5, 0.6) is 0 Å². The lowest BCUT2D eigenvalue weighted by Crippen LogP contribution is -2.06. The molecule has 0 aliphatic carbocycles. The zero-order valence-electron chi connectivity index (χ0n) is 10.6. The van der Waals surface area contributed by atoms with Crippen LogP contribution in [0, 0.1) is 15.9 Å². The summed E-state index contributed by atoms with van der Waals surface area (Å²) >= 11 is 5.57. The Bertz CT molecular complexity index is 734. The van der Waals surface area contributed by atoms with E-state index in [9.17, 15) is 27.7 Å². The molecule has 0 saturated carbocycles. The topological polar surface area (TPSA) is 55.2 Å². The average molecular weight is 335 g/mol. The van der Waals surface area contributed by atoms with E-state index < -0.39 is 28.2 Å². The van der Waals surface area contributed by atoms with E-state index in [1.807, 2.05) is 0 Å². The molecule has 0 saturated heterocycles. The molecule has 4 nitrogen and oxygen atoms in total. The van der Waals surface area contributed by atoms with Gasteiger partial charge in [-0.15, -0.1) is 0 Å². The molecule has 0 amide bonds. The van der Waals surface area contributed by atoms with E-state index in [4.69, 9.17) is 11.6 Å². The quantitative estimate of drug-likeness (QED) is 0.480. The second kappa shape index (κ2) is 5.80. The third kappa shape index (κ3) is 3.45. The number of alkyl halides is 3. The number of nitrogens with zero attached hydrogens (tertiary/aromatic N) is 1. The molecule has 0 radical (unpaired) electrons. The molecular weight excluding hydrogens is 328 g/mol. The molecule has 0 fully saturated rings. The molecule has 0 aliphatic rings. The number of hydrogen-bond acceptors (Lipinski definition) is 3. The van der Waals surface area contributed by atoms with Crippen molar-refractivity contribution in [3.8, 4) is 0 Å². The van der Waals surface area contributed by atoms with Gasteiger partial charge in [0.1, 0.15) is 11.5 Å². The highest BCUT2D eigenvalue weighted by atomic mass is 35.5. The van der Waals surface area contributed by atoms with Crippen LogP contribution in [-0.4, -0.2) is 4.92 Å². The van der Waals surface area contributed by atoms with Crippen LogP contribution in [0.15, 0.2) is 36.4 Å². The number of rotatable bonds is 3. The lowest BCUT2D eigenvalue weighted by atomic mass is 10.1. The Morgan fingerprint density at radius 2 is 1.82 bits per heavy atom. The predicted octanol–water partition coefficient (Wildman–Crippen LogP) is 5.15. The van der Waals surface area contributed by atoms with Crippen LogP contribution in [0.2, 0.25) is 5.02 Å². The van der Waals surface area contributed by atoms with Crippen LogP contribution in [0.3, 0.4) is 0 Å². The second-order valence-electron chi connectivity index (χ2n) is 4.24. The molecule has 2 aromatic rings. The van der Waals surface area contributed by atoms with Gasteiger partial charge in [-0.3, -0.25) is 10.1 Å². The van der Waals surface area contributed by atoms with Crippen LogP contribution < -0.4 is 5.32 Å². The fourth-order valence-electron chi connectivity index (χ4n) is 1.69. The molecule has 0 spiro atoms. The van der Waals surface area contributed by atoms with Gasteiger partial charge in [-0.1, -0.05) is 11.6 Å². The molecule has 116 valence electrons. The molecule has 0 bridgehead atoms. The van der Waals surface area contributed by atoms with Gasteiger partial charge >= 0.3 is 6.18 Å². The van der Waals surface area contributed by atoms with Crippen LogP contribution >= 0.6 is 11.6 Å². The fourth-order valence-corrected chi connectivity index (χ4v) is 1.87. The van der Waals surface area contributed by atoms with Gasteiger partial charge in [0, 0.05) is 11.8 Å². The zero-order chi connectivity index (χ0) is 16.5. The summed E-state index contributed by atoms with van der Waals surface area (Å²) < 4.78 is 50.8. The maximum atomic E-state index is 13.0. The van der Waals surface area contributed by atoms with Gasteiger partial charge in [-0.25, -0.2) is 4.39 Å². The van der Waals surface area contributed by atoms with Crippen molar-refractivity contribution >= 4 is 28.7 Å². The molecule has 0 atom stereocenters. The number of benzene rings is 2. The SMILES string of the molecule is O=[N+]([O-])c1cc(C(F)(F)F)ccc1Nc1ccc(F)c(Cl)c1. The molecule has 0 aromatic heterocycles. The van der Waals surface area contributed by atoms with E-state index in [-0.39, 0.29) is 16.4 Å². The maximum Gasteiger partial charge on any atom is 0.416 e. The summed E-state index contributed by atoms with van der Waals surface area (Å²) in [7, 11) is 0. The van der Waals surface area contributed by atoms with Gasteiger partial charge in [0.25, 0.3) is 5.69 Å². The number of anilines is 2. The molecule has 1 N–H and O–H groups in total. The highest BCUT2D eigenvalue weighted by molar-refractivity contribution is 6.31. The minimum Gasteiger partial charge on any atom is -0.350 e. The minimum atomic E-state index is -4.69. The van der Waals surface area contributed by atoms with E-state index in [0.717, 1.165) is 18.2 Å². The highest BCUT2D eigenvalue weighted by Crippen LogP contribution is 2.36. The molecule has 9 heteroatoms. The van der Waals surface area contributed by atoms with E-state index in [0.29, 0.717) is 12.1 Å². The summed E-state index contributed by atoms with van der Waals surface area (Å²) in [6, 6.07) is 5.51. The fraction of sp³-hybridized carbons (Fsp3) is 0.0769. The van der Waals surface area contributed by atoms with Crippen molar-refractivity contribution in [3.05, 3.63) is 62.9 Å². The van der Waals surface area contributed by atoms with Gasteiger partial charge in [0.05, 0.1) is 15.5 Å². The van der Waals surface area contributed by atoms with Crippen LogP contribution in [-0.2, 0) is 6.18 Å². The monoisotopic (exact) mass is 334 g/mol. The van der Waals surface area contributed by atoms with Gasteiger partial charge in [0.15, 0.2) is 0 Å². The first-order valence-electron chi connectivity index (χ1n) is 5.76. The lowest BCUT2D eigenvalue weighted by Gasteiger charge is -2.11. The van der Waals surface area contributed by atoms with Gasteiger partial charge in [0.2, 0.25) is 0 Å². The standard InChI is InChI=1S/C13H7ClF4N2O2/c14-9-6-8(2-3-10(9)15)19-11-4-1-7(13(16,17)18)5-12(11)20(21)22/h1-6,19H. The van der Waals surface area contributed by atoms with Gasteiger partial charge < -0.3 is 5.32 Å². The van der Waals surface area contributed by atoms with Crippen molar-refractivity contribution in [3.63, 3.8) is 0 Å². The summed E-state index contributed by atoms with van der Waals surface area (Å²) in [5.74, 6) is -0.686. The molecule has 2 rings (SSSR count). The Kier molecular flexibility index (Phi) is 4.23. The first-order valence-corrected chi connectivity index (χ1v) is 6.14. The molecule has 22 heavy (non-hydrogen) atoms. The third-order valence-electron chi connectivity index (χ3n) is 2.72. The molecular formula is C13H7ClF4N2O2. The lowest BCUT2D eigenvalue weighted by molar-refractivity contribution is -0.384. The number of nitro benzene ring substituents is 1. The normalized spacial score (nSPS) is 11.3. The van der Waals surface area contributed by atoms with Crippen molar-refractivity contribution in [2.45, 2.75) is 6.18 Å². The van der Waals surface area contributed by atoms with Crippen LogP contribution in [0.1, 0.15) is 5.56 Å². The van der Waals surface area contributed by atoms with Crippen molar-refractivity contribution in [2.24, 2.45) is 0 Å². The Hall–Kier alpha value is -2.35. The smallest absolute Gasteiger partial charge is 0.350 e. The predicted molar refractivity (Wildman–Crippen MR) is 72.8 cm³/mol. The first kappa shape index (κ1) is 16.0. The van der Waals surface area contributed by atoms with E-state index in [1.54, 1.807) is 0 Å². The first-order chi connectivity index (χ1) is 10.2. The van der Waals surface area contributed by atoms with Gasteiger partial charge in [-0.2, -0.15) is 13.2 Å². The summed E-state index contributed by atoms with van der Waals surface area (Å²) in [6.07, 6.45) is -4.69. The molecule has 0 aliphatic heterocycles. The minimum absolute atomic E-state index is 0.166. The third-order valence-corrected chi connectivity index (χ3v) is 3.01. The van der Waals surface area contributed by atoms with Crippen molar-refractivity contribution < 1.29 is 22.5 Å². The zero-order valence-corrected chi connectivity index (χ0v) is 11.4. The summed E-state index contributed by atoms with van der Waals surface area (Å²) in [4.78, 5) is 9.98. The van der Waals surface area contributed by atoms with E-state index in [1.165, 1.54) is 6.07 Å².